The number of halogens is 1. The maximum atomic E-state index is 15.3. The quantitative estimate of drug-likeness (QED) is 0.467. The third-order valence-electron chi connectivity index (χ3n) is 8.53. The zero-order valence-electron chi connectivity index (χ0n) is 20.3. The Hall–Kier alpha value is -2.02. The van der Waals surface area contributed by atoms with Crippen LogP contribution in [-0.4, -0.2) is 55.6 Å². The molecule has 2 atom stereocenters. The van der Waals surface area contributed by atoms with Crippen LogP contribution >= 0.6 is 0 Å². The first kappa shape index (κ1) is 23.4. The first-order chi connectivity index (χ1) is 17.0. The van der Waals surface area contributed by atoms with Crippen LogP contribution < -0.4 is 0 Å². The van der Waals surface area contributed by atoms with E-state index in [9.17, 15) is 8.42 Å². The van der Waals surface area contributed by atoms with Gasteiger partial charge in [0.15, 0.2) is 0 Å². The molecule has 3 fully saturated rings. The van der Waals surface area contributed by atoms with Crippen LogP contribution in [-0.2, 0) is 22.9 Å². The van der Waals surface area contributed by atoms with E-state index in [1.807, 2.05) is 12.1 Å². The fraction of sp³-hybridized carbons (Fsp3) is 0.517. The van der Waals surface area contributed by atoms with Gasteiger partial charge in [0.1, 0.15) is 5.82 Å². The fourth-order valence-electron chi connectivity index (χ4n) is 6.03. The monoisotopic (exact) mass is 494 g/mol. The van der Waals surface area contributed by atoms with Crippen molar-refractivity contribution in [1.82, 2.24) is 9.21 Å². The van der Waals surface area contributed by atoms with E-state index in [4.69, 9.17) is 0 Å². The summed E-state index contributed by atoms with van der Waals surface area (Å²) in [5.74, 6) is 0.930. The van der Waals surface area contributed by atoms with Crippen LogP contribution in [0.3, 0.4) is 0 Å². The van der Waals surface area contributed by atoms with Crippen molar-refractivity contribution in [3.05, 3.63) is 82.7 Å². The maximum absolute atomic E-state index is 15.3. The highest BCUT2D eigenvalue weighted by atomic mass is 32.2. The highest BCUT2D eigenvalue weighted by Gasteiger charge is 2.41. The second-order valence-corrected chi connectivity index (χ2v) is 13.0. The van der Waals surface area contributed by atoms with Crippen LogP contribution in [0.2, 0.25) is 0 Å². The minimum Gasteiger partial charge on any atom is -0.299 e. The molecule has 2 aromatic carbocycles. The highest BCUT2D eigenvalue weighted by Crippen LogP contribution is 2.43. The van der Waals surface area contributed by atoms with E-state index >= 15 is 4.39 Å². The van der Waals surface area contributed by atoms with E-state index in [1.54, 1.807) is 12.1 Å². The van der Waals surface area contributed by atoms with Gasteiger partial charge in [-0.15, -0.1) is 0 Å². The van der Waals surface area contributed by atoms with Gasteiger partial charge in [-0.1, -0.05) is 48.6 Å². The van der Waals surface area contributed by atoms with Gasteiger partial charge < -0.3 is 0 Å². The second-order valence-electron chi connectivity index (χ2n) is 11.0. The van der Waals surface area contributed by atoms with Crippen molar-refractivity contribution in [2.24, 2.45) is 5.92 Å². The SMILES string of the molecule is O=S(=O)(CC=CCC1CC1)N1CC(c2cc3c(cc2F)CC(N2CCC2)C3Cc2ccccc2)C1. The Kier molecular flexibility index (Phi) is 6.32. The van der Waals surface area contributed by atoms with E-state index in [1.165, 1.54) is 34.7 Å². The minimum atomic E-state index is -3.32. The molecule has 2 heterocycles. The van der Waals surface area contributed by atoms with E-state index in [0.29, 0.717) is 30.6 Å². The molecule has 0 spiro atoms. The molecule has 186 valence electrons. The van der Waals surface area contributed by atoms with E-state index in [2.05, 4.69) is 35.2 Å². The summed E-state index contributed by atoms with van der Waals surface area (Å²) in [5, 5.41) is 0. The van der Waals surface area contributed by atoms with Gasteiger partial charge in [-0.05, 0) is 85.9 Å². The highest BCUT2D eigenvalue weighted by molar-refractivity contribution is 7.89. The largest absolute Gasteiger partial charge is 0.299 e. The number of likely N-dealkylation sites (tertiary alicyclic amines) is 1. The molecule has 35 heavy (non-hydrogen) atoms. The molecule has 0 aromatic heterocycles. The molecule has 6 heteroatoms. The number of sulfonamides is 1. The zero-order chi connectivity index (χ0) is 24.0. The van der Waals surface area contributed by atoms with Crippen molar-refractivity contribution in [1.29, 1.82) is 0 Å². The normalized spacial score (nSPS) is 25.5. The first-order valence-electron chi connectivity index (χ1n) is 13.2. The van der Waals surface area contributed by atoms with Gasteiger partial charge in [0.05, 0.1) is 5.75 Å². The van der Waals surface area contributed by atoms with Crippen molar-refractivity contribution in [2.45, 2.75) is 56.4 Å². The van der Waals surface area contributed by atoms with Crippen LogP contribution in [0.15, 0.2) is 54.6 Å². The van der Waals surface area contributed by atoms with Crippen LogP contribution in [0.5, 0.6) is 0 Å². The number of allylic oxidation sites excluding steroid dienone is 1. The Balaban J connectivity index is 1.18. The summed E-state index contributed by atoms with van der Waals surface area (Å²) in [5.41, 5.74) is 4.42. The number of fused-ring (bicyclic) bond motifs is 1. The summed E-state index contributed by atoms with van der Waals surface area (Å²) >= 11 is 0. The minimum absolute atomic E-state index is 0.0514. The van der Waals surface area contributed by atoms with Crippen molar-refractivity contribution in [3.63, 3.8) is 0 Å². The van der Waals surface area contributed by atoms with E-state index < -0.39 is 10.0 Å². The van der Waals surface area contributed by atoms with Gasteiger partial charge >= 0.3 is 0 Å². The van der Waals surface area contributed by atoms with Gasteiger partial charge in [-0.2, -0.15) is 0 Å². The predicted molar refractivity (Wildman–Crippen MR) is 138 cm³/mol. The number of hydrogen-bond donors (Lipinski definition) is 0. The van der Waals surface area contributed by atoms with Gasteiger partial charge in [-0.3, -0.25) is 4.90 Å². The molecular formula is C29H35FN2O2S. The molecule has 2 unspecified atom stereocenters. The summed E-state index contributed by atoms with van der Waals surface area (Å²) in [6, 6.07) is 14.9. The number of nitrogens with zero attached hydrogens (tertiary/aromatic N) is 2. The average molecular weight is 495 g/mol. The summed E-state index contributed by atoms with van der Waals surface area (Å²) in [4.78, 5) is 2.56. The van der Waals surface area contributed by atoms with Gasteiger partial charge in [-0.25, -0.2) is 17.1 Å². The summed E-state index contributed by atoms with van der Waals surface area (Å²) in [6.07, 6.45) is 10.4. The predicted octanol–water partition coefficient (Wildman–Crippen LogP) is 4.87. The van der Waals surface area contributed by atoms with Crippen LogP contribution in [0.1, 0.15) is 59.8 Å². The summed E-state index contributed by atoms with van der Waals surface area (Å²) in [7, 11) is -3.32. The molecule has 0 amide bonds. The zero-order valence-corrected chi connectivity index (χ0v) is 21.1. The molecule has 0 N–H and O–H groups in total. The molecule has 0 radical (unpaired) electrons. The van der Waals surface area contributed by atoms with Crippen molar-refractivity contribution in [3.8, 4) is 0 Å². The Morgan fingerprint density at radius 1 is 1.00 bits per heavy atom. The molecule has 4 nitrogen and oxygen atoms in total. The van der Waals surface area contributed by atoms with E-state index in [0.717, 1.165) is 43.8 Å². The van der Waals surface area contributed by atoms with Gasteiger partial charge in [0.25, 0.3) is 0 Å². The lowest BCUT2D eigenvalue weighted by molar-refractivity contribution is 0.106. The smallest absolute Gasteiger partial charge is 0.217 e. The molecule has 2 aromatic rings. The Bertz CT molecular complexity index is 1200. The third kappa shape index (κ3) is 4.85. The van der Waals surface area contributed by atoms with Crippen LogP contribution in [0.25, 0.3) is 0 Å². The molecule has 4 aliphatic rings. The second kappa shape index (κ2) is 9.45. The lowest BCUT2D eigenvalue weighted by atomic mass is 9.85. The number of hydrogen-bond acceptors (Lipinski definition) is 3. The molecule has 1 saturated carbocycles. The average Bonchev–Trinajstić information content (AvgIpc) is 3.54. The fourth-order valence-corrected chi connectivity index (χ4v) is 7.43. The Morgan fingerprint density at radius 2 is 1.77 bits per heavy atom. The van der Waals surface area contributed by atoms with Crippen LogP contribution in [0, 0.1) is 11.7 Å². The standard InChI is InChI=1S/C29H35FN2O2S/c30-28-16-23-17-29(31-12-6-13-31)27(15-22-8-2-1-3-9-22)25(23)18-26(28)24-19-32(20-24)35(33,34)14-5-4-7-21-10-11-21/h1-5,8-9,16,18,21,24,27,29H,6-7,10-15,17,19-20H2. The van der Waals surface area contributed by atoms with Crippen molar-refractivity contribution in [2.75, 3.05) is 31.9 Å². The Labute approximate surface area is 208 Å². The lowest BCUT2D eigenvalue weighted by Gasteiger charge is -2.40. The maximum Gasteiger partial charge on any atom is 0.217 e. The molecule has 2 saturated heterocycles. The molecule has 0 bridgehead atoms. The van der Waals surface area contributed by atoms with Gasteiger partial charge in [0, 0.05) is 31.0 Å². The van der Waals surface area contributed by atoms with Crippen LogP contribution in [0.4, 0.5) is 4.39 Å². The van der Waals surface area contributed by atoms with Gasteiger partial charge in [0.2, 0.25) is 10.0 Å². The summed E-state index contributed by atoms with van der Waals surface area (Å²) in [6.45, 7) is 3.02. The molecule has 6 rings (SSSR count). The van der Waals surface area contributed by atoms with Crippen molar-refractivity contribution >= 4 is 10.0 Å². The Morgan fingerprint density at radius 3 is 2.46 bits per heavy atom. The molecule has 2 aliphatic carbocycles. The van der Waals surface area contributed by atoms with Crippen molar-refractivity contribution < 1.29 is 12.8 Å². The van der Waals surface area contributed by atoms with E-state index in [-0.39, 0.29) is 17.5 Å². The molecule has 2 aliphatic heterocycles. The number of rotatable bonds is 9. The summed E-state index contributed by atoms with van der Waals surface area (Å²) < 4.78 is 42.2. The third-order valence-corrected chi connectivity index (χ3v) is 10.2. The molecular weight excluding hydrogens is 459 g/mol. The first-order valence-corrected chi connectivity index (χ1v) is 14.8. The topological polar surface area (TPSA) is 40.6 Å². The number of benzene rings is 2. The lowest BCUT2D eigenvalue weighted by Crippen LogP contribution is -2.49.